The monoisotopic (exact) mass is 492 g/mol. The molecule has 0 spiro atoms. The number of aryl methyl sites for hydroxylation is 1. The van der Waals surface area contributed by atoms with Gasteiger partial charge in [0, 0.05) is 24.3 Å². The number of hydrogen-bond donors (Lipinski definition) is 2. The Hall–Kier alpha value is -4.04. The molecule has 0 heterocycles. The highest BCUT2D eigenvalue weighted by atomic mass is 32.2. The predicted octanol–water partition coefficient (Wildman–Crippen LogP) is 3.41. The molecular weight excluding hydrogens is 476 g/mol. The van der Waals surface area contributed by atoms with Crippen molar-refractivity contribution < 1.29 is 26.7 Å². The number of nitro benzene ring substituents is 2. The van der Waals surface area contributed by atoms with E-state index in [1.807, 2.05) is 0 Å². The van der Waals surface area contributed by atoms with Crippen molar-refractivity contribution in [2.24, 2.45) is 0 Å². The molecule has 2 N–H and O–H groups in total. The molecule has 3 aromatic rings. The third kappa shape index (κ3) is 5.42. The van der Waals surface area contributed by atoms with Crippen molar-refractivity contribution in [3.05, 3.63) is 92.5 Å². The molecule has 3 aromatic carbocycles. The zero-order valence-corrected chi connectivity index (χ0v) is 18.5. The highest BCUT2D eigenvalue weighted by Gasteiger charge is 2.21. The molecular formula is C19H16N4O8S2. The Kier molecular flexibility index (Phi) is 6.32. The van der Waals surface area contributed by atoms with Gasteiger partial charge in [-0.3, -0.25) is 29.7 Å². The third-order valence-corrected chi connectivity index (χ3v) is 7.14. The molecule has 0 saturated heterocycles. The van der Waals surface area contributed by atoms with Crippen LogP contribution >= 0.6 is 0 Å². The topological polar surface area (TPSA) is 179 Å². The molecule has 0 saturated carbocycles. The zero-order chi connectivity index (χ0) is 24.4. The summed E-state index contributed by atoms with van der Waals surface area (Å²) in [5.41, 5.74) is -0.139. The first-order valence-corrected chi connectivity index (χ1v) is 12.0. The van der Waals surface area contributed by atoms with Gasteiger partial charge in [-0.05, 0) is 48.9 Å². The van der Waals surface area contributed by atoms with Crippen LogP contribution in [0.3, 0.4) is 0 Å². The summed E-state index contributed by atoms with van der Waals surface area (Å²) in [6.07, 6.45) is 0. The summed E-state index contributed by atoms with van der Waals surface area (Å²) in [6, 6.07) is 12.6. The largest absolute Gasteiger partial charge is 0.277 e. The Labute approximate surface area is 188 Å². The van der Waals surface area contributed by atoms with Crippen LogP contribution in [0.15, 0.2) is 76.5 Å². The maximum absolute atomic E-state index is 12.8. The zero-order valence-electron chi connectivity index (χ0n) is 16.8. The van der Waals surface area contributed by atoms with Crippen LogP contribution in [0.25, 0.3) is 0 Å². The number of sulfonamides is 2. The van der Waals surface area contributed by atoms with Crippen molar-refractivity contribution in [1.82, 2.24) is 0 Å². The fraction of sp³-hybridized carbons (Fsp3) is 0.0526. The van der Waals surface area contributed by atoms with Crippen molar-refractivity contribution in [2.75, 3.05) is 9.44 Å². The van der Waals surface area contributed by atoms with Crippen LogP contribution in [-0.4, -0.2) is 26.7 Å². The maximum atomic E-state index is 12.8. The molecule has 0 unspecified atom stereocenters. The van der Waals surface area contributed by atoms with Crippen LogP contribution in [0.1, 0.15) is 5.56 Å². The number of nitro groups is 2. The first-order valence-electron chi connectivity index (χ1n) is 9.04. The van der Waals surface area contributed by atoms with Gasteiger partial charge < -0.3 is 0 Å². The summed E-state index contributed by atoms with van der Waals surface area (Å²) in [5, 5.41) is 21.6. The van der Waals surface area contributed by atoms with Crippen molar-refractivity contribution in [1.29, 1.82) is 0 Å². The third-order valence-electron chi connectivity index (χ3n) is 4.38. The Morgan fingerprint density at radius 2 is 1.03 bits per heavy atom. The molecule has 0 aliphatic carbocycles. The highest BCUT2D eigenvalue weighted by Crippen LogP contribution is 2.29. The fourth-order valence-corrected chi connectivity index (χ4v) is 4.88. The van der Waals surface area contributed by atoms with Crippen LogP contribution in [0, 0.1) is 27.2 Å². The second-order valence-electron chi connectivity index (χ2n) is 6.76. The van der Waals surface area contributed by atoms with E-state index in [1.165, 1.54) is 12.1 Å². The number of nitrogens with zero attached hydrogens (tertiary/aromatic N) is 2. The molecule has 0 fully saturated rings. The van der Waals surface area contributed by atoms with Gasteiger partial charge in [0.2, 0.25) is 0 Å². The van der Waals surface area contributed by atoms with Crippen molar-refractivity contribution >= 4 is 42.8 Å². The number of anilines is 2. The first kappa shape index (κ1) is 23.6. The summed E-state index contributed by atoms with van der Waals surface area (Å²) in [5.74, 6) is 0. The number of hydrogen-bond acceptors (Lipinski definition) is 8. The number of rotatable bonds is 8. The average Bonchev–Trinajstić information content (AvgIpc) is 2.75. The van der Waals surface area contributed by atoms with E-state index in [1.54, 1.807) is 13.0 Å². The molecule has 14 heteroatoms. The van der Waals surface area contributed by atoms with Gasteiger partial charge in [0.1, 0.15) is 0 Å². The molecule has 33 heavy (non-hydrogen) atoms. The van der Waals surface area contributed by atoms with E-state index >= 15 is 0 Å². The SMILES string of the molecule is Cc1ccc(NS(=O)(=O)c2ccc([N+](=O)[O-])cc2)c(NS(=O)(=O)c2ccc([N+](=O)[O-])cc2)c1. The summed E-state index contributed by atoms with van der Waals surface area (Å²) in [7, 11) is -8.42. The molecule has 0 atom stereocenters. The van der Waals surface area contributed by atoms with Gasteiger partial charge in [-0.1, -0.05) is 6.07 Å². The van der Waals surface area contributed by atoms with Gasteiger partial charge in [-0.25, -0.2) is 16.8 Å². The second kappa shape index (κ2) is 8.84. The quantitative estimate of drug-likeness (QED) is 0.354. The smallest absolute Gasteiger partial charge is 0.269 e. The van der Waals surface area contributed by atoms with Crippen LogP contribution in [0.5, 0.6) is 0 Å². The average molecular weight is 492 g/mol. The molecule has 0 bridgehead atoms. The minimum absolute atomic E-state index is 0.0844. The molecule has 0 amide bonds. The van der Waals surface area contributed by atoms with Gasteiger partial charge in [0.05, 0.1) is 31.0 Å². The molecule has 0 aliphatic heterocycles. The van der Waals surface area contributed by atoms with Crippen LogP contribution in [0.2, 0.25) is 0 Å². The van der Waals surface area contributed by atoms with E-state index in [0.717, 1.165) is 48.5 Å². The van der Waals surface area contributed by atoms with E-state index in [-0.39, 0.29) is 32.5 Å². The van der Waals surface area contributed by atoms with Crippen LogP contribution < -0.4 is 9.44 Å². The summed E-state index contributed by atoms with van der Waals surface area (Å²) >= 11 is 0. The van der Waals surface area contributed by atoms with Gasteiger partial charge in [-0.15, -0.1) is 0 Å². The minimum atomic E-state index is -4.21. The Bertz CT molecular complexity index is 1440. The van der Waals surface area contributed by atoms with Crippen LogP contribution in [-0.2, 0) is 20.0 Å². The molecule has 12 nitrogen and oxygen atoms in total. The summed E-state index contributed by atoms with van der Waals surface area (Å²) in [4.78, 5) is 19.7. The van der Waals surface area contributed by atoms with E-state index < -0.39 is 29.9 Å². The van der Waals surface area contributed by atoms with Gasteiger partial charge in [0.25, 0.3) is 31.4 Å². The van der Waals surface area contributed by atoms with Crippen molar-refractivity contribution in [3.63, 3.8) is 0 Å². The fourth-order valence-electron chi connectivity index (χ4n) is 2.73. The van der Waals surface area contributed by atoms with Crippen LogP contribution in [0.4, 0.5) is 22.7 Å². The maximum Gasteiger partial charge on any atom is 0.269 e. The van der Waals surface area contributed by atoms with E-state index in [0.29, 0.717) is 5.56 Å². The number of nitrogens with one attached hydrogen (secondary N) is 2. The lowest BCUT2D eigenvalue weighted by molar-refractivity contribution is -0.385. The number of benzene rings is 3. The second-order valence-corrected chi connectivity index (χ2v) is 10.1. The minimum Gasteiger partial charge on any atom is -0.277 e. The molecule has 172 valence electrons. The van der Waals surface area contributed by atoms with E-state index in [9.17, 15) is 37.1 Å². The van der Waals surface area contributed by atoms with E-state index in [4.69, 9.17) is 0 Å². The lowest BCUT2D eigenvalue weighted by Gasteiger charge is -2.15. The standard InChI is InChI=1S/C19H16N4O8S2/c1-13-2-11-18(20-32(28,29)16-7-3-14(4-8-16)22(24)25)19(12-13)21-33(30,31)17-9-5-15(6-10-17)23(26)27/h2-12,20-21H,1H3. The highest BCUT2D eigenvalue weighted by molar-refractivity contribution is 7.93. The lowest BCUT2D eigenvalue weighted by atomic mass is 10.2. The summed E-state index contributed by atoms with van der Waals surface area (Å²) < 4.78 is 55.5. The van der Waals surface area contributed by atoms with Crippen molar-refractivity contribution in [2.45, 2.75) is 16.7 Å². The summed E-state index contributed by atoms with van der Waals surface area (Å²) in [6.45, 7) is 1.66. The van der Waals surface area contributed by atoms with Gasteiger partial charge in [-0.2, -0.15) is 0 Å². The molecule has 3 rings (SSSR count). The Morgan fingerprint density at radius 1 is 0.636 bits per heavy atom. The predicted molar refractivity (Wildman–Crippen MR) is 119 cm³/mol. The normalized spacial score (nSPS) is 11.5. The van der Waals surface area contributed by atoms with Gasteiger partial charge >= 0.3 is 0 Å². The molecule has 0 aromatic heterocycles. The molecule has 0 radical (unpaired) electrons. The van der Waals surface area contributed by atoms with E-state index in [2.05, 4.69) is 9.44 Å². The lowest BCUT2D eigenvalue weighted by Crippen LogP contribution is -2.17. The molecule has 0 aliphatic rings. The van der Waals surface area contributed by atoms with Crippen molar-refractivity contribution in [3.8, 4) is 0 Å². The Balaban J connectivity index is 1.93. The number of non-ortho nitro benzene ring substituents is 2. The Morgan fingerprint density at radius 3 is 1.42 bits per heavy atom. The first-order chi connectivity index (χ1) is 15.4. The van der Waals surface area contributed by atoms with Gasteiger partial charge in [0.15, 0.2) is 0 Å².